The van der Waals surface area contributed by atoms with Crippen LogP contribution in [-0.2, 0) is 4.79 Å². The van der Waals surface area contributed by atoms with Gasteiger partial charge in [0.1, 0.15) is 6.04 Å². The summed E-state index contributed by atoms with van der Waals surface area (Å²) in [6.07, 6.45) is 4.18. The van der Waals surface area contributed by atoms with Crippen molar-refractivity contribution in [1.82, 2.24) is 14.9 Å². The molecular formula is C24H26N4O2S. The molecule has 1 N–H and O–H groups in total. The van der Waals surface area contributed by atoms with Crippen molar-refractivity contribution < 1.29 is 9.59 Å². The molecule has 1 aliphatic rings. The number of hydrogen-bond acceptors (Lipinski definition) is 5. The van der Waals surface area contributed by atoms with Crippen LogP contribution in [0, 0.1) is 13.8 Å². The molecule has 2 aromatic carbocycles. The normalized spacial score (nSPS) is 14.9. The summed E-state index contributed by atoms with van der Waals surface area (Å²) >= 11 is 1.12. The summed E-state index contributed by atoms with van der Waals surface area (Å²) in [5, 5.41) is 8.83. The first kappa shape index (κ1) is 21.2. The Balaban J connectivity index is 1.85. The second kappa shape index (κ2) is 9.39. The van der Waals surface area contributed by atoms with Gasteiger partial charge in [-0.25, -0.2) is 0 Å². The van der Waals surface area contributed by atoms with Gasteiger partial charge in [0.15, 0.2) is 5.69 Å². The molecule has 6 nitrogen and oxygen atoms in total. The summed E-state index contributed by atoms with van der Waals surface area (Å²) in [7, 11) is 0. The van der Waals surface area contributed by atoms with Crippen molar-refractivity contribution in [3.8, 4) is 0 Å². The van der Waals surface area contributed by atoms with Gasteiger partial charge in [0.2, 0.25) is 5.91 Å². The number of hydrogen-bond donors (Lipinski definition) is 1. The minimum atomic E-state index is -0.809. The molecule has 3 aromatic rings. The first-order valence-electron chi connectivity index (χ1n) is 10.6. The van der Waals surface area contributed by atoms with Crippen LogP contribution in [0.2, 0.25) is 0 Å². The van der Waals surface area contributed by atoms with Crippen molar-refractivity contribution in [2.45, 2.75) is 51.6 Å². The van der Waals surface area contributed by atoms with Gasteiger partial charge in [0.25, 0.3) is 5.91 Å². The van der Waals surface area contributed by atoms with Crippen molar-refractivity contribution in [2.24, 2.45) is 0 Å². The molecule has 0 aliphatic heterocycles. The second-order valence-electron chi connectivity index (χ2n) is 8.01. The predicted molar refractivity (Wildman–Crippen MR) is 122 cm³/mol. The second-order valence-corrected chi connectivity index (χ2v) is 8.62. The van der Waals surface area contributed by atoms with Crippen LogP contribution < -0.4 is 10.2 Å². The van der Waals surface area contributed by atoms with Gasteiger partial charge in [-0.15, -0.1) is 5.10 Å². The smallest absolute Gasteiger partial charge is 0.280 e. The van der Waals surface area contributed by atoms with Crippen LogP contribution in [0.3, 0.4) is 0 Å². The molecule has 1 unspecified atom stereocenters. The number of aromatic nitrogens is 2. The molecule has 1 aromatic heterocycles. The van der Waals surface area contributed by atoms with Crippen LogP contribution in [0.15, 0.2) is 53.9 Å². The van der Waals surface area contributed by atoms with E-state index in [1.54, 1.807) is 10.3 Å². The highest BCUT2D eigenvalue weighted by atomic mass is 32.1. The quantitative estimate of drug-likeness (QED) is 0.615. The van der Waals surface area contributed by atoms with Crippen LogP contribution >= 0.6 is 11.5 Å². The van der Waals surface area contributed by atoms with Gasteiger partial charge in [-0.1, -0.05) is 65.9 Å². The van der Waals surface area contributed by atoms with Gasteiger partial charge < -0.3 is 5.32 Å². The molecule has 1 fully saturated rings. The van der Waals surface area contributed by atoms with Crippen molar-refractivity contribution in [2.75, 3.05) is 4.90 Å². The SMILES string of the molecule is Cc1cccc(C)c1N(C(=O)c1csnn1)C(C(=O)NC1CCCC1)c1ccccc1. The largest absolute Gasteiger partial charge is 0.351 e. The van der Waals surface area contributed by atoms with Crippen molar-refractivity contribution in [3.63, 3.8) is 0 Å². The maximum Gasteiger partial charge on any atom is 0.280 e. The number of nitrogens with zero attached hydrogens (tertiary/aromatic N) is 3. The monoisotopic (exact) mass is 434 g/mol. The average Bonchev–Trinajstić information content (AvgIpc) is 3.47. The highest BCUT2D eigenvalue weighted by Crippen LogP contribution is 2.34. The number of anilines is 1. The molecule has 1 saturated carbocycles. The maximum absolute atomic E-state index is 13.7. The van der Waals surface area contributed by atoms with Crippen molar-refractivity contribution in [1.29, 1.82) is 0 Å². The van der Waals surface area contributed by atoms with Gasteiger partial charge in [-0.2, -0.15) is 0 Å². The molecule has 0 saturated heterocycles. The zero-order chi connectivity index (χ0) is 21.8. The lowest BCUT2D eigenvalue weighted by Crippen LogP contribution is -2.47. The molecule has 31 heavy (non-hydrogen) atoms. The molecule has 1 heterocycles. The molecule has 7 heteroatoms. The third-order valence-electron chi connectivity index (χ3n) is 5.80. The highest BCUT2D eigenvalue weighted by molar-refractivity contribution is 7.03. The fourth-order valence-electron chi connectivity index (χ4n) is 4.32. The van der Waals surface area contributed by atoms with Crippen LogP contribution in [0.1, 0.15) is 58.9 Å². The number of aryl methyl sites for hydroxylation is 2. The number of nitrogens with one attached hydrogen (secondary N) is 1. The van der Waals surface area contributed by atoms with E-state index in [9.17, 15) is 9.59 Å². The van der Waals surface area contributed by atoms with Crippen LogP contribution in [-0.4, -0.2) is 27.4 Å². The summed E-state index contributed by atoms with van der Waals surface area (Å²) in [5.74, 6) is -0.501. The first-order valence-corrected chi connectivity index (χ1v) is 11.4. The van der Waals surface area contributed by atoms with Crippen molar-refractivity contribution >= 4 is 29.0 Å². The van der Waals surface area contributed by atoms with Gasteiger partial charge in [-0.05, 0) is 54.9 Å². The zero-order valence-corrected chi connectivity index (χ0v) is 18.6. The van der Waals surface area contributed by atoms with E-state index in [4.69, 9.17) is 0 Å². The van der Waals surface area contributed by atoms with E-state index >= 15 is 0 Å². The zero-order valence-electron chi connectivity index (χ0n) is 17.7. The van der Waals surface area contributed by atoms with E-state index in [0.717, 1.165) is 59.6 Å². The molecule has 2 amide bonds. The minimum absolute atomic E-state index is 0.148. The van der Waals surface area contributed by atoms with Crippen LogP contribution in [0.5, 0.6) is 0 Å². The van der Waals surface area contributed by atoms with Gasteiger partial charge in [0, 0.05) is 11.4 Å². The number of amides is 2. The Hall–Kier alpha value is -3.06. The van der Waals surface area contributed by atoms with Gasteiger partial charge >= 0.3 is 0 Å². The Morgan fingerprint density at radius 1 is 1.03 bits per heavy atom. The molecular weight excluding hydrogens is 408 g/mol. The highest BCUT2D eigenvalue weighted by Gasteiger charge is 2.36. The van der Waals surface area contributed by atoms with Gasteiger partial charge in [-0.3, -0.25) is 14.5 Å². The van der Waals surface area contributed by atoms with Crippen LogP contribution in [0.25, 0.3) is 0 Å². The average molecular weight is 435 g/mol. The molecule has 0 bridgehead atoms. The molecule has 1 aliphatic carbocycles. The number of carbonyl (C=O) groups is 2. The molecule has 160 valence electrons. The lowest BCUT2D eigenvalue weighted by Gasteiger charge is -2.33. The molecule has 0 spiro atoms. The Labute approximate surface area is 186 Å². The first-order chi connectivity index (χ1) is 15.1. The number of carbonyl (C=O) groups excluding carboxylic acids is 2. The molecule has 0 radical (unpaired) electrons. The van der Waals surface area contributed by atoms with Gasteiger partial charge in [0.05, 0.1) is 5.69 Å². The van der Waals surface area contributed by atoms with E-state index in [-0.39, 0.29) is 23.6 Å². The Kier molecular flexibility index (Phi) is 6.42. The third-order valence-corrected chi connectivity index (χ3v) is 6.31. The van der Waals surface area contributed by atoms with E-state index in [2.05, 4.69) is 14.9 Å². The lowest BCUT2D eigenvalue weighted by atomic mass is 9.99. The summed E-state index contributed by atoms with van der Waals surface area (Å²) in [6, 6.07) is 14.7. The minimum Gasteiger partial charge on any atom is -0.351 e. The van der Waals surface area contributed by atoms with E-state index < -0.39 is 6.04 Å². The number of para-hydroxylation sites is 1. The topological polar surface area (TPSA) is 75.2 Å². The molecule has 4 rings (SSSR count). The number of benzene rings is 2. The summed E-state index contributed by atoms with van der Waals surface area (Å²) in [6.45, 7) is 3.91. The van der Waals surface area contributed by atoms with E-state index in [0.29, 0.717) is 0 Å². The Bertz CT molecular complexity index is 1030. The fraction of sp³-hybridized carbons (Fsp3) is 0.333. The maximum atomic E-state index is 13.7. The van der Waals surface area contributed by atoms with E-state index in [1.807, 2.05) is 62.4 Å². The van der Waals surface area contributed by atoms with Crippen molar-refractivity contribution in [3.05, 3.63) is 76.3 Å². The lowest BCUT2D eigenvalue weighted by molar-refractivity contribution is -0.123. The summed E-state index contributed by atoms with van der Waals surface area (Å²) < 4.78 is 3.87. The van der Waals surface area contributed by atoms with Crippen LogP contribution in [0.4, 0.5) is 5.69 Å². The standard InChI is InChI=1S/C24H26N4O2S/c1-16-9-8-10-17(2)21(16)28(24(30)20-15-31-27-26-20)22(18-11-4-3-5-12-18)23(29)25-19-13-6-7-14-19/h3-5,8-12,15,19,22H,6-7,13-14H2,1-2H3,(H,25,29). The van der Waals surface area contributed by atoms with E-state index in [1.165, 1.54) is 0 Å². The molecule has 1 atom stereocenters. The fourth-order valence-corrected chi connectivity index (χ4v) is 4.75. The number of rotatable bonds is 6. The predicted octanol–water partition coefficient (Wildman–Crippen LogP) is 4.60. The Morgan fingerprint density at radius 2 is 1.71 bits per heavy atom. The Morgan fingerprint density at radius 3 is 2.32 bits per heavy atom. The summed E-state index contributed by atoms with van der Waals surface area (Å²) in [5.41, 5.74) is 3.58. The summed E-state index contributed by atoms with van der Waals surface area (Å²) in [4.78, 5) is 29.0. The third kappa shape index (κ3) is 4.51.